The van der Waals surface area contributed by atoms with Crippen molar-refractivity contribution in [2.24, 2.45) is 0 Å². The van der Waals surface area contributed by atoms with Gasteiger partial charge in [-0.05, 0) is 37.0 Å². The molecule has 4 heteroatoms. The molecule has 0 aliphatic heterocycles. The number of hydrogen-bond donors (Lipinski definition) is 1. The van der Waals surface area contributed by atoms with E-state index in [-0.39, 0.29) is 5.91 Å². The van der Waals surface area contributed by atoms with Gasteiger partial charge in [-0.25, -0.2) is 0 Å². The van der Waals surface area contributed by atoms with Crippen molar-refractivity contribution in [2.75, 3.05) is 5.33 Å². The second kappa shape index (κ2) is 7.39. The van der Waals surface area contributed by atoms with Crippen molar-refractivity contribution in [1.82, 2.24) is 10.3 Å². The van der Waals surface area contributed by atoms with Gasteiger partial charge in [0.25, 0.3) is 0 Å². The Kier molecular flexibility index (Phi) is 6.08. The standard InChI is InChI=1S/C12H17BrN2O/c1-10-8-14-7-5-11(10)9-15-12(16)4-2-3-6-13/h5,7-8H,2-4,6,9H2,1H3,(H,15,16). The third-order valence-electron chi connectivity index (χ3n) is 2.40. The average Bonchev–Trinajstić information content (AvgIpc) is 2.28. The summed E-state index contributed by atoms with van der Waals surface area (Å²) in [7, 11) is 0. The first-order valence-corrected chi connectivity index (χ1v) is 6.58. The second-order valence-corrected chi connectivity index (χ2v) is 4.52. The summed E-state index contributed by atoms with van der Waals surface area (Å²) in [5.41, 5.74) is 2.24. The number of nitrogens with zero attached hydrogens (tertiary/aromatic N) is 1. The molecule has 3 nitrogen and oxygen atoms in total. The normalized spacial score (nSPS) is 10.1. The maximum atomic E-state index is 11.5. The summed E-state index contributed by atoms with van der Waals surface area (Å²) >= 11 is 3.35. The van der Waals surface area contributed by atoms with E-state index in [1.165, 1.54) is 0 Å². The summed E-state index contributed by atoms with van der Waals surface area (Å²) in [6.45, 7) is 2.60. The molecule has 0 aliphatic carbocycles. The van der Waals surface area contributed by atoms with Gasteiger partial charge in [0.15, 0.2) is 0 Å². The number of nitrogens with one attached hydrogen (secondary N) is 1. The first-order valence-electron chi connectivity index (χ1n) is 5.46. The molecule has 0 bridgehead atoms. The van der Waals surface area contributed by atoms with E-state index in [1.54, 1.807) is 6.20 Å². The van der Waals surface area contributed by atoms with Crippen LogP contribution in [0.2, 0.25) is 0 Å². The van der Waals surface area contributed by atoms with E-state index >= 15 is 0 Å². The number of alkyl halides is 1. The lowest BCUT2D eigenvalue weighted by molar-refractivity contribution is -0.121. The minimum Gasteiger partial charge on any atom is -0.352 e. The van der Waals surface area contributed by atoms with Crippen LogP contribution in [-0.4, -0.2) is 16.2 Å². The Labute approximate surface area is 105 Å². The number of carbonyl (C=O) groups is 1. The van der Waals surface area contributed by atoms with E-state index in [0.29, 0.717) is 13.0 Å². The number of carbonyl (C=O) groups excluding carboxylic acids is 1. The van der Waals surface area contributed by atoms with Crippen LogP contribution in [0.5, 0.6) is 0 Å². The van der Waals surface area contributed by atoms with Gasteiger partial charge < -0.3 is 5.32 Å². The molecule has 0 aromatic carbocycles. The van der Waals surface area contributed by atoms with Crippen LogP contribution < -0.4 is 5.32 Å². The third-order valence-corrected chi connectivity index (χ3v) is 2.96. The van der Waals surface area contributed by atoms with Crippen molar-refractivity contribution in [3.63, 3.8) is 0 Å². The number of aryl methyl sites for hydroxylation is 1. The van der Waals surface area contributed by atoms with Gasteiger partial charge in [0, 0.05) is 30.7 Å². The molecule has 1 heterocycles. The summed E-state index contributed by atoms with van der Waals surface area (Å²) in [5.74, 6) is 0.122. The Morgan fingerprint density at radius 1 is 1.50 bits per heavy atom. The average molecular weight is 285 g/mol. The largest absolute Gasteiger partial charge is 0.352 e. The Balaban J connectivity index is 2.29. The molecule has 1 N–H and O–H groups in total. The molecule has 0 atom stereocenters. The third kappa shape index (κ3) is 4.75. The lowest BCUT2D eigenvalue weighted by atomic mass is 10.1. The molecular weight excluding hydrogens is 268 g/mol. The van der Waals surface area contributed by atoms with Gasteiger partial charge >= 0.3 is 0 Å². The zero-order chi connectivity index (χ0) is 11.8. The molecule has 1 aromatic rings. The molecule has 1 rings (SSSR count). The topological polar surface area (TPSA) is 42.0 Å². The number of halogens is 1. The lowest BCUT2D eigenvalue weighted by Gasteiger charge is -2.07. The molecule has 88 valence electrons. The number of rotatable bonds is 6. The summed E-state index contributed by atoms with van der Waals surface area (Å²) in [4.78, 5) is 15.5. The Hall–Kier alpha value is -0.900. The highest BCUT2D eigenvalue weighted by Crippen LogP contribution is 2.04. The summed E-state index contributed by atoms with van der Waals surface area (Å²) in [6.07, 6.45) is 6.15. The van der Waals surface area contributed by atoms with E-state index in [9.17, 15) is 4.79 Å². The van der Waals surface area contributed by atoms with E-state index in [1.807, 2.05) is 19.2 Å². The van der Waals surface area contributed by atoms with Gasteiger partial charge in [0.1, 0.15) is 0 Å². The number of hydrogen-bond acceptors (Lipinski definition) is 2. The molecule has 0 unspecified atom stereocenters. The number of amides is 1. The van der Waals surface area contributed by atoms with E-state index in [4.69, 9.17) is 0 Å². The van der Waals surface area contributed by atoms with Gasteiger partial charge in [0.2, 0.25) is 5.91 Å². The van der Waals surface area contributed by atoms with Crippen molar-refractivity contribution >= 4 is 21.8 Å². The molecule has 16 heavy (non-hydrogen) atoms. The lowest BCUT2D eigenvalue weighted by Crippen LogP contribution is -2.22. The molecule has 1 amide bonds. The second-order valence-electron chi connectivity index (χ2n) is 3.72. The SMILES string of the molecule is Cc1cnccc1CNC(=O)CCCCBr. The predicted octanol–water partition coefficient (Wildman–Crippen LogP) is 2.57. The van der Waals surface area contributed by atoms with Gasteiger partial charge in [0.05, 0.1) is 0 Å². The molecule has 0 spiro atoms. The minimum atomic E-state index is 0.122. The fourth-order valence-electron chi connectivity index (χ4n) is 1.36. The summed E-state index contributed by atoms with van der Waals surface area (Å²) in [6, 6.07) is 1.94. The van der Waals surface area contributed by atoms with Crippen LogP contribution in [0.25, 0.3) is 0 Å². The van der Waals surface area contributed by atoms with Crippen molar-refractivity contribution in [3.8, 4) is 0 Å². The molecule has 0 saturated heterocycles. The van der Waals surface area contributed by atoms with Crippen LogP contribution >= 0.6 is 15.9 Å². The Bertz CT molecular complexity index is 342. The van der Waals surface area contributed by atoms with Crippen molar-refractivity contribution in [3.05, 3.63) is 29.6 Å². The minimum absolute atomic E-state index is 0.122. The predicted molar refractivity (Wildman–Crippen MR) is 68.5 cm³/mol. The van der Waals surface area contributed by atoms with E-state index < -0.39 is 0 Å². The van der Waals surface area contributed by atoms with Crippen molar-refractivity contribution in [1.29, 1.82) is 0 Å². The zero-order valence-electron chi connectivity index (χ0n) is 9.50. The summed E-state index contributed by atoms with van der Waals surface area (Å²) in [5, 5.41) is 3.88. The van der Waals surface area contributed by atoms with Crippen LogP contribution in [0.4, 0.5) is 0 Å². The van der Waals surface area contributed by atoms with Crippen molar-refractivity contribution < 1.29 is 4.79 Å². The molecule has 1 aromatic heterocycles. The Morgan fingerprint density at radius 3 is 3.00 bits per heavy atom. The molecule has 0 fully saturated rings. The maximum absolute atomic E-state index is 11.5. The van der Waals surface area contributed by atoms with Crippen LogP contribution in [0.3, 0.4) is 0 Å². The first kappa shape index (κ1) is 13.2. The number of aromatic nitrogens is 1. The van der Waals surface area contributed by atoms with Crippen LogP contribution in [0.1, 0.15) is 30.4 Å². The fourth-order valence-corrected chi connectivity index (χ4v) is 1.76. The van der Waals surface area contributed by atoms with E-state index in [0.717, 1.165) is 29.3 Å². The van der Waals surface area contributed by atoms with Crippen molar-refractivity contribution in [2.45, 2.75) is 32.7 Å². The van der Waals surface area contributed by atoms with Crippen LogP contribution in [0, 0.1) is 6.92 Å². The van der Waals surface area contributed by atoms with Gasteiger partial charge in [-0.3, -0.25) is 9.78 Å². The molecular formula is C12H17BrN2O. The number of unbranched alkanes of at least 4 members (excludes halogenated alkanes) is 1. The highest BCUT2D eigenvalue weighted by molar-refractivity contribution is 9.09. The quantitative estimate of drug-likeness (QED) is 0.644. The van der Waals surface area contributed by atoms with Crippen LogP contribution in [0.15, 0.2) is 18.5 Å². The zero-order valence-corrected chi connectivity index (χ0v) is 11.1. The van der Waals surface area contributed by atoms with Gasteiger partial charge in [-0.15, -0.1) is 0 Å². The smallest absolute Gasteiger partial charge is 0.220 e. The summed E-state index contributed by atoms with van der Waals surface area (Å²) < 4.78 is 0. The van der Waals surface area contributed by atoms with E-state index in [2.05, 4.69) is 26.2 Å². The van der Waals surface area contributed by atoms with Gasteiger partial charge in [-0.2, -0.15) is 0 Å². The first-order chi connectivity index (χ1) is 7.74. The molecule has 0 radical (unpaired) electrons. The highest BCUT2D eigenvalue weighted by atomic mass is 79.9. The molecule has 0 aliphatic rings. The monoisotopic (exact) mass is 284 g/mol. The Morgan fingerprint density at radius 2 is 2.31 bits per heavy atom. The maximum Gasteiger partial charge on any atom is 0.220 e. The fraction of sp³-hybridized carbons (Fsp3) is 0.500. The molecule has 0 saturated carbocycles. The number of pyridine rings is 1. The highest BCUT2D eigenvalue weighted by Gasteiger charge is 2.02. The van der Waals surface area contributed by atoms with Gasteiger partial charge in [-0.1, -0.05) is 15.9 Å². The van der Waals surface area contributed by atoms with Crippen LogP contribution in [-0.2, 0) is 11.3 Å².